The Kier molecular flexibility index (Phi) is 8.15. The number of carbonyl (C=O) groups excluding carboxylic acids is 1. The molecule has 0 aliphatic carbocycles. The highest BCUT2D eigenvalue weighted by Gasteiger charge is 2.23. The van der Waals surface area contributed by atoms with E-state index in [4.69, 9.17) is 0 Å². The third-order valence-corrected chi connectivity index (χ3v) is 5.46. The number of aromatic nitrogens is 1. The first kappa shape index (κ1) is 21.3. The molecule has 1 amide bonds. The Morgan fingerprint density at radius 2 is 1.89 bits per heavy atom. The fraction of sp³-hybridized carbons (Fsp3) is 0.542. The SMILES string of the molecule is CCCCCC(=O)N(Cc1cccn1Cc1cccc(C)c1)C(C)C(C)C. The Hall–Kier alpha value is -2.03. The molecule has 0 fully saturated rings. The molecule has 2 rings (SSSR count). The quantitative estimate of drug-likeness (QED) is 0.487. The van der Waals surface area contributed by atoms with Crippen molar-refractivity contribution in [2.75, 3.05) is 0 Å². The van der Waals surface area contributed by atoms with E-state index in [1.807, 2.05) is 0 Å². The van der Waals surface area contributed by atoms with Gasteiger partial charge in [0.15, 0.2) is 0 Å². The number of benzene rings is 1. The van der Waals surface area contributed by atoms with Gasteiger partial charge in [0.1, 0.15) is 0 Å². The molecule has 1 heterocycles. The van der Waals surface area contributed by atoms with Crippen molar-refractivity contribution in [2.45, 2.75) is 79.4 Å². The highest BCUT2D eigenvalue weighted by molar-refractivity contribution is 5.76. The second kappa shape index (κ2) is 10.3. The zero-order valence-corrected chi connectivity index (χ0v) is 17.7. The minimum atomic E-state index is 0.237. The second-order valence-corrected chi connectivity index (χ2v) is 8.08. The third-order valence-electron chi connectivity index (χ3n) is 5.46. The molecule has 3 nitrogen and oxygen atoms in total. The molecule has 0 radical (unpaired) electrons. The molecule has 148 valence electrons. The van der Waals surface area contributed by atoms with Crippen LogP contribution in [0, 0.1) is 12.8 Å². The Labute approximate surface area is 165 Å². The van der Waals surface area contributed by atoms with E-state index in [0.29, 0.717) is 18.9 Å². The molecule has 1 aromatic carbocycles. The monoisotopic (exact) mass is 368 g/mol. The largest absolute Gasteiger partial charge is 0.345 e. The topological polar surface area (TPSA) is 25.2 Å². The van der Waals surface area contributed by atoms with E-state index in [-0.39, 0.29) is 11.9 Å². The average Bonchev–Trinajstić information content (AvgIpc) is 3.06. The van der Waals surface area contributed by atoms with Gasteiger partial charge in [0.2, 0.25) is 5.91 Å². The van der Waals surface area contributed by atoms with Gasteiger partial charge in [-0.15, -0.1) is 0 Å². The van der Waals surface area contributed by atoms with Crippen molar-refractivity contribution in [1.82, 2.24) is 9.47 Å². The molecule has 27 heavy (non-hydrogen) atoms. The zero-order chi connectivity index (χ0) is 19.8. The maximum absolute atomic E-state index is 12.9. The van der Waals surface area contributed by atoms with E-state index >= 15 is 0 Å². The van der Waals surface area contributed by atoms with Gasteiger partial charge in [0, 0.05) is 30.9 Å². The Bertz CT molecular complexity index is 717. The summed E-state index contributed by atoms with van der Waals surface area (Å²) in [6.45, 7) is 12.4. The number of hydrogen-bond acceptors (Lipinski definition) is 1. The third kappa shape index (κ3) is 6.27. The van der Waals surface area contributed by atoms with E-state index in [1.54, 1.807) is 0 Å². The lowest BCUT2D eigenvalue weighted by atomic mass is 10.0. The summed E-state index contributed by atoms with van der Waals surface area (Å²) in [6, 6.07) is 13.1. The van der Waals surface area contributed by atoms with Crippen LogP contribution in [0.2, 0.25) is 0 Å². The number of nitrogens with zero attached hydrogens (tertiary/aromatic N) is 2. The maximum atomic E-state index is 12.9. The highest BCUT2D eigenvalue weighted by atomic mass is 16.2. The lowest BCUT2D eigenvalue weighted by molar-refractivity contribution is -0.135. The molecule has 3 heteroatoms. The molecule has 0 spiro atoms. The van der Waals surface area contributed by atoms with Crippen LogP contribution < -0.4 is 0 Å². The van der Waals surface area contributed by atoms with E-state index in [2.05, 4.69) is 86.7 Å². The maximum Gasteiger partial charge on any atom is 0.223 e. The molecule has 0 saturated heterocycles. The van der Waals surface area contributed by atoms with Crippen molar-refractivity contribution in [3.8, 4) is 0 Å². The van der Waals surface area contributed by atoms with Crippen LogP contribution in [0.4, 0.5) is 0 Å². The van der Waals surface area contributed by atoms with Crippen LogP contribution in [-0.4, -0.2) is 21.4 Å². The summed E-state index contributed by atoms with van der Waals surface area (Å²) in [5, 5.41) is 0. The molecule has 0 bridgehead atoms. The first-order valence-corrected chi connectivity index (χ1v) is 10.4. The molecule has 0 saturated carbocycles. The van der Waals surface area contributed by atoms with E-state index in [0.717, 1.165) is 25.8 Å². The van der Waals surface area contributed by atoms with Crippen molar-refractivity contribution in [2.24, 2.45) is 5.92 Å². The van der Waals surface area contributed by atoms with Crippen LogP contribution >= 0.6 is 0 Å². The van der Waals surface area contributed by atoms with Crippen LogP contribution in [0.3, 0.4) is 0 Å². The molecule has 0 aliphatic heterocycles. The lowest BCUT2D eigenvalue weighted by Gasteiger charge is -2.32. The summed E-state index contributed by atoms with van der Waals surface area (Å²) in [5.74, 6) is 0.730. The molecule has 1 aromatic heterocycles. The standard InChI is InChI=1S/C24H36N2O/c1-6-7-8-14-24(27)26(21(5)19(2)3)18-23-13-10-15-25(23)17-22-12-9-11-20(4)16-22/h9-13,15-16,19,21H,6-8,14,17-18H2,1-5H3. The first-order valence-electron chi connectivity index (χ1n) is 10.4. The summed E-state index contributed by atoms with van der Waals surface area (Å²) in [4.78, 5) is 15.0. The van der Waals surface area contributed by atoms with Crippen molar-refractivity contribution in [1.29, 1.82) is 0 Å². The van der Waals surface area contributed by atoms with Gasteiger partial charge < -0.3 is 9.47 Å². The zero-order valence-electron chi connectivity index (χ0n) is 17.7. The van der Waals surface area contributed by atoms with Gasteiger partial charge in [-0.3, -0.25) is 4.79 Å². The van der Waals surface area contributed by atoms with Crippen molar-refractivity contribution in [3.63, 3.8) is 0 Å². The lowest BCUT2D eigenvalue weighted by Crippen LogP contribution is -2.41. The van der Waals surface area contributed by atoms with E-state index < -0.39 is 0 Å². The van der Waals surface area contributed by atoms with Crippen LogP contribution in [0.5, 0.6) is 0 Å². The van der Waals surface area contributed by atoms with Crippen LogP contribution in [0.15, 0.2) is 42.6 Å². The van der Waals surface area contributed by atoms with Gasteiger partial charge in [0.25, 0.3) is 0 Å². The Balaban J connectivity index is 2.15. The molecule has 0 N–H and O–H groups in total. The molecule has 1 atom stereocenters. The molecule has 1 unspecified atom stereocenters. The highest BCUT2D eigenvalue weighted by Crippen LogP contribution is 2.19. The Morgan fingerprint density at radius 3 is 2.56 bits per heavy atom. The van der Waals surface area contributed by atoms with Crippen molar-refractivity contribution >= 4 is 5.91 Å². The number of carbonyl (C=O) groups is 1. The number of aryl methyl sites for hydroxylation is 1. The van der Waals surface area contributed by atoms with Crippen molar-refractivity contribution in [3.05, 3.63) is 59.4 Å². The number of hydrogen-bond donors (Lipinski definition) is 0. The smallest absolute Gasteiger partial charge is 0.223 e. The summed E-state index contributed by atoms with van der Waals surface area (Å²) in [7, 11) is 0. The van der Waals surface area contributed by atoms with Crippen LogP contribution in [0.25, 0.3) is 0 Å². The van der Waals surface area contributed by atoms with Gasteiger partial charge >= 0.3 is 0 Å². The van der Waals surface area contributed by atoms with E-state index in [9.17, 15) is 4.79 Å². The minimum Gasteiger partial charge on any atom is -0.345 e. The van der Waals surface area contributed by atoms with Crippen LogP contribution in [-0.2, 0) is 17.9 Å². The molecule has 2 aromatic rings. The van der Waals surface area contributed by atoms with Crippen LogP contribution in [0.1, 0.15) is 70.2 Å². The van der Waals surface area contributed by atoms with Gasteiger partial charge in [-0.25, -0.2) is 0 Å². The minimum absolute atomic E-state index is 0.237. The average molecular weight is 369 g/mol. The summed E-state index contributed by atoms with van der Waals surface area (Å²) in [6.07, 6.45) is 6.04. The first-order chi connectivity index (χ1) is 12.9. The Morgan fingerprint density at radius 1 is 1.11 bits per heavy atom. The fourth-order valence-corrected chi connectivity index (χ4v) is 3.42. The van der Waals surface area contributed by atoms with Gasteiger partial charge in [-0.2, -0.15) is 0 Å². The predicted molar refractivity (Wildman–Crippen MR) is 114 cm³/mol. The van der Waals surface area contributed by atoms with Gasteiger partial charge in [0.05, 0.1) is 6.54 Å². The molecular weight excluding hydrogens is 332 g/mol. The molecular formula is C24H36N2O. The predicted octanol–water partition coefficient (Wildman–Crippen LogP) is 5.80. The van der Waals surface area contributed by atoms with Gasteiger partial charge in [-0.1, -0.05) is 63.4 Å². The normalized spacial score (nSPS) is 12.4. The number of rotatable bonds is 10. The summed E-state index contributed by atoms with van der Waals surface area (Å²) in [5.41, 5.74) is 3.78. The van der Waals surface area contributed by atoms with Gasteiger partial charge in [-0.05, 0) is 43.9 Å². The van der Waals surface area contributed by atoms with E-state index in [1.165, 1.54) is 16.8 Å². The number of amides is 1. The second-order valence-electron chi connectivity index (χ2n) is 8.08. The number of unbranched alkanes of at least 4 members (excludes halogenated alkanes) is 2. The summed E-state index contributed by atoms with van der Waals surface area (Å²) >= 11 is 0. The molecule has 0 aliphatic rings. The fourth-order valence-electron chi connectivity index (χ4n) is 3.42. The van der Waals surface area contributed by atoms with Crippen molar-refractivity contribution < 1.29 is 4.79 Å². The summed E-state index contributed by atoms with van der Waals surface area (Å²) < 4.78 is 2.27.